The molecular weight excluding hydrogens is 298 g/mol. The highest BCUT2D eigenvalue weighted by molar-refractivity contribution is 5.83. The highest BCUT2D eigenvalue weighted by atomic mass is 16.5. The van der Waals surface area contributed by atoms with Crippen molar-refractivity contribution in [2.45, 2.75) is 19.0 Å². The van der Waals surface area contributed by atoms with Gasteiger partial charge in [-0.3, -0.25) is 0 Å². The lowest BCUT2D eigenvalue weighted by molar-refractivity contribution is -0.780. The molecule has 2 N–H and O–H groups in total. The van der Waals surface area contributed by atoms with Crippen molar-refractivity contribution in [1.29, 1.82) is 0 Å². The minimum atomic E-state index is -0.106. The molecule has 124 valence electrons. The first-order valence-electron chi connectivity index (χ1n) is 8.14. The smallest absolute Gasteiger partial charge is 0.225 e. The van der Waals surface area contributed by atoms with Crippen LogP contribution in [-0.2, 0) is 13.0 Å². The van der Waals surface area contributed by atoms with Crippen LogP contribution >= 0.6 is 0 Å². The van der Waals surface area contributed by atoms with Crippen molar-refractivity contribution in [3.05, 3.63) is 78.1 Å². The third-order valence-corrected chi connectivity index (χ3v) is 4.43. The van der Waals surface area contributed by atoms with Crippen molar-refractivity contribution in [2.75, 3.05) is 14.2 Å². The Morgan fingerprint density at radius 2 is 1.75 bits per heavy atom. The second-order valence-corrected chi connectivity index (χ2v) is 6.36. The molecule has 0 fully saturated rings. The minimum Gasteiger partial charge on any atom is -0.497 e. The third-order valence-electron chi connectivity index (χ3n) is 4.43. The summed E-state index contributed by atoms with van der Waals surface area (Å²) in [4.78, 5) is 4.57. The average Bonchev–Trinajstić information content (AvgIpc) is 2.98. The summed E-state index contributed by atoms with van der Waals surface area (Å²) >= 11 is 0. The van der Waals surface area contributed by atoms with Gasteiger partial charge in [0.1, 0.15) is 24.5 Å². The van der Waals surface area contributed by atoms with Gasteiger partial charge >= 0.3 is 0 Å². The lowest BCUT2D eigenvalue weighted by Crippen LogP contribution is -2.51. The molecule has 2 aromatic rings. The molecule has 0 saturated heterocycles. The zero-order valence-corrected chi connectivity index (χ0v) is 14.2. The molecule has 1 aliphatic rings. The Morgan fingerprint density at radius 3 is 2.42 bits per heavy atom. The number of aliphatic imine (C=N–C) groups is 1. The van der Waals surface area contributed by atoms with Gasteiger partial charge in [-0.05, 0) is 36.2 Å². The van der Waals surface area contributed by atoms with E-state index < -0.39 is 0 Å². The van der Waals surface area contributed by atoms with Crippen LogP contribution in [0.25, 0.3) is 0 Å². The number of nitrogens with two attached hydrogens (primary N) is 1. The molecule has 4 heteroatoms. The van der Waals surface area contributed by atoms with Crippen LogP contribution in [0.5, 0.6) is 5.75 Å². The molecule has 0 saturated carbocycles. The topological polar surface area (TPSA) is 47.6 Å². The van der Waals surface area contributed by atoms with Gasteiger partial charge in [-0.15, -0.1) is 0 Å². The van der Waals surface area contributed by atoms with E-state index in [-0.39, 0.29) is 6.04 Å². The molecule has 2 aromatic carbocycles. The molecule has 1 unspecified atom stereocenters. The molecule has 2 atom stereocenters. The Balaban J connectivity index is 1.73. The first-order chi connectivity index (χ1) is 11.6. The molecule has 24 heavy (non-hydrogen) atoms. The zero-order valence-electron chi connectivity index (χ0n) is 14.2. The highest BCUT2D eigenvalue weighted by Crippen LogP contribution is 2.23. The van der Waals surface area contributed by atoms with Crippen LogP contribution in [0.1, 0.15) is 11.1 Å². The van der Waals surface area contributed by atoms with E-state index in [2.05, 4.69) is 42.5 Å². The number of amidine groups is 1. The Kier molecular flexibility index (Phi) is 4.79. The summed E-state index contributed by atoms with van der Waals surface area (Å²) in [6.45, 7) is 0.821. The quantitative estimate of drug-likeness (QED) is 0.831. The predicted molar refractivity (Wildman–Crippen MR) is 97.6 cm³/mol. The molecule has 0 aliphatic carbocycles. The van der Waals surface area contributed by atoms with E-state index in [0.29, 0.717) is 4.48 Å². The summed E-state index contributed by atoms with van der Waals surface area (Å²) < 4.78 is 5.84. The summed E-state index contributed by atoms with van der Waals surface area (Å²) in [5.41, 5.74) is 8.94. The molecule has 0 amide bonds. The van der Waals surface area contributed by atoms with E-state index in [4.69, 9.17) is 10.5 Å². The van der Waals surface area contributed by atoms with Crippen molar-refractivity contribution in [1.82, 2.24) is 0 Å². The molecule has 4 nitrogen and oxygen atoms in total. The maximum atomic E-state index is 6.48. The molecule has 0 spiro atoms. The second-order valence-electron chi connectivity index (χ2n) is 6.36. The van der Waals surface area contributed by atoms with Crippen LogP contribution in [0.15, 0.2) is 72.0 Å². The monoisotopic (exact) mass is 322 g/mol. The number of quaternary nitrogens is 1. The van der Waals surface area contributed by atoms with Crippen LogP contribution in [0.2, 0.25) is 0 Å². The van der Waals surface area contributed by atoms with Gasteiger partial charge in [0.05, 0.1) is 20.4 Å². The number of likely N-dealkylation sites (N-methyl/N-ethyl adjacent to an activating group) is 1. The van der Waals surface area contributed by atoms with Crippen LogP contribution in [0, 0.1) is 0 Å². The molecule has 0 bridgehead atoms. The van der Waals surface area contributed by atoms with Crippen molar-refractivity contribution >= 4 is 5.84 Å². The Morgan fingerprint density at radius 1 is 1.04 bits per heavy atom. The highest BCUT2D eigenvalue weighted by Gasteiger charge is 2.35. The number of hydrogen-bond acceptors (Lipinski definition) is 3. The Hall–Kier alpha value is -2.43. The molecule has 0 radical (unpaired) electrons. The van der Waals surface area contributed by atoms with Crippen molar-refractivity contribution in [3.8, 4) is 5.75 Å². The largest absolute Gasteiger partial charge is 0.497 e. The Bertz CT molecular complexity index is 737. The minimum absolute atomic E-state index is 0.106. The predicted octanol–water partition coefficient (Wildman–Crippen LogP) is 3.10. The fraction of sp³-hybridized carbons (Fsp3) is 0.250. The van der Waals surface area contributed by atoms with Crippen molar-refractivity contribution in [2.24, 2.45) is 10.7 Å². The van der Waals surface area contributed by atoms with E-state index in [1.807, 2.05) is 36.5 Å². The molecular formula is C20H24N3O+. The van der Waals surface area contributed by atoms with Crippen LogP contribution < -0.4 is 10.5 Å². The SMILES string of the molecule is COc1ccc(C[N+]2(C)C=CN=C2[C@@H](N)Cc2ccccc2)cc1. The summed E-state index contributed by atoms with van der Waals surface area (Å²) in [6.07, 6.45) is 4.76. The lowest BCUT2D eigenvalue weighted by atomic mass is 10.0. The van der Waals surface area contributed by atoms with E-state index in [1.165, 1.54) is 11.1 Å². The van der Waals surface area contributed by atoms with Gasteiger partial charge in [0.2, 0.25) is 5.84 Å². The van der Waals surface area contributed by atoms with Gasteiger partial charge in [0.25, 0.3) is 0 Å². The van der Waals surface area contributed by atoms with Crippen LogP contribution in [0.4, 0.5) is 0 Å². The maximum Gasteiger partial charge on any atom is 0.225 e. The number of ether oxygens (including phenoxy) is 1. The number of rotatable bonds is 6. The summed E-state index contributed by atoms with van der Waals surface area (Å²) in [6, 6.07) is 18.4. The molecule has 0 aromatic heterocycles. The average molecular weight is 322 g/mol. The fourth-order valence-electron chi connectivity index (χ4n) is 3.14. The van der Waals surface area contributed by atoms with Gasteiger partial charge in [0, 0.05) is 5.56 Å². The van der Waals surface area contributed by atoms with Crippen LogP contribution in [0.3, 0.4) is 0 Å². The van der Waals surface area contributed by atoms with E-state index in [0.717, 1.165) is 24.6 Å². The number of nitrogens with zero attached hydrogens (tertiary/aromatic N) is 2. The maximum absolute atomic E-state index is 6.48. The van der Waals surface area contributed by atoms with Gasteiger partial charge in [-0.25, -0.2) is 9.48 Å². The first-order valence-corrected chi connectivity index (χ1v) is 8.14. The fourth-order valence-corrected chi connectivity index (χ4v) is 3.14. The van der Waals surface area contributed by atoms with Gasteiger partial charge < -0.3 is 10.5 Å². The van der Waals surface area contributed by atoms with Gasteiger partial charge in [-0.1, -0.05) is 30.3 Å². The number of hydrogen-bond donors (Lipinski definition) is 1. The van der Waals surface area contributed by atoms with E-state index in [1.54, 1.807) is 7.11 Å². The normalized spacial score (nSPS) is 20.7. The summed E-state index contributed by atoms with van der Waals surface area (Å²) in [7, 11) is 3.83. The Labute approximate surface area is 143 Å². The molecule has 1 heterocycles. The summed E-state index contributed by atoms with van der Waals surface area (Å²) in [5, 5.41) is 0. The van der Waals surface area contributed by atoms with E-state index in [9.17, 15) is 0 Å². The standard InChI is InChI=1S/C20H24N3O/c1-23(15-17-8-10-18(24-2)11-9-17)13-12-22-20(23)19(21)14-16-6-4-3-5-7-16/h3-13,19H,14-15,21H2,1-2H3/q+1/t19-,23?/m0/s1. The van der Waals surface area contributed by atoms with E-state index >= 15 is 0 Å². The lowest BCUT2D eigenvalue weighted by Gasteiger charge is -2.30. The molecule has 1 aliphatic heterocycles. The van der Waals surface area contributed by atoms with Crippen LogP contribution in [-0.4, -0.2) is 30.5 Å². The summed E-state index contributed by atoms with van der Waals surface area (Å²) in [5.74, 6) is 1.86. The van der Waals surface area contributed by atoms with Gasteiger partial charge in [0.15, 0.2) is 0 Å². The first kappa shape index (κ1) is 16.4. The number of methoxy groups -OCH3 is 1. The number of benzene rings is 2. The molecule has 3 rings (SSSR count). The zero-order chi connectivity index (χ0) is 17.0. The van der Waals surface area contributed by atoms with Crippen molar-refractivity contribution < 1.29 is 9.22 Å². The third kappa shape index (κ3) is 3.55. The second kappa shape index (κ2) is 6.99. The van der Waals surface area contributed by atoms with Crippen molar-refractivity contribution in [3.63, 3.8) is 0 Å². The van der Waals surface area contributed by atoms with Gasteiger partial charge in [-0.2, -0.15) is 0 Å².